The lowest BCUT2D eigenvalue weighted by Gasteiger charge is -2.28. The third-order valence-corrected chi connectivity index (χ3v) is 5.72. The minimum Gasteiger partial charge on any atom is -0.505 e. The van der Waals surface area contributed by atoms with Crippen molar-refractivity contribution in [1.82, 2.24) is 16.1 Å². The lowest BCUT2D eigenvalue weighted by atomic mass is 9.95. The van der Waals surface area contributed by atoms with Crippen molar-refractivity contribution in [2.24, 2.45) is 5.10 Å². The van der Waals surface area contributed by atoms with E-state index >= 15 is 0 Å². The van der Waals surface area contributed by atoms with Gasteiger partial charge in [0.2, 0.25) is 0 Å². The zero-order chi connectivity index (χ0) is 27.1. The summed E-state index contributed by atoms with van der Waals surface area (Å²) in [5, 5.41) is 29.1. The average molecular weight is 553 g/mol. The van der Waals surface area contributed by atoms with Crippen LogP contribution in [-0.2, 0) is 9.53 Å². The van der Waals surface area contributed by atoms with Gasteiger partial charge in [-0.2, -0.15) is 5.10 Å². The molecule has 0 spiro atoms. The molecule has 0 unspecified atom stereocenters. The third kappa shape index (κ3) is 6.97. The second kappa shape index (κ2) is 12.5. The summed E-state index contributed by atoms with van der Waals surface area (Å²) in [5.74, 6) is -0.139. The largest absolute Gasteiger partial charge is 0.505 e. The molecule has 1 aliphatic heterocycles. The number of nitrogens with zero attached hydrogens (tertiary/aromatic N) is 1. The minimum absolute atomic E-state index is 0.0677. The first-order valence-electron chi connectivity index (χ1n) is 11.0. The van der Waals surface area contributed by atoms with Crippen LogP contribution >= 0.6 is 23.2 Å². The predicted octanol–water partition coefficient (Wildman–Crippen LogP) is 3.22. The Morgan fingerprint density at radius 2 is 1.92 bits per heavy atom. The van der Waals surface area contributed by atoms with Crippen LogP contribution < -0.4 is 25.5 Å². The maximum absolute atomic E-state index is 12.4. The number of halogens is 2. The summed E-state index contributed by atoms with van der Waals surface area (Å²) in [7, 11) is 1.26. The van der Waals surface area contributed by atoms with Crippen LogP contribution in [0.4, 0.5) is 4.79 Å². The molecule has 0 bridgehead atoms. The average Bonchev–Trinajstić information content (AvgIpc) is 2.85. The van der Waals surface area contributed by atoms with Crippen LogP contribution in [-0.4, -0.2) is 55.0 Å². The molecule has 37 heavy (non-hydrogen) atoms. The predicted molar refractivity (Wildman–Crippen MR) is 137 cm³/mol. The van der Waals surface area contributed by atoms with Crippen LogP contribution in [0.1, 0.15) is 31.0 Å². The van der Waals surface area contributed by atoms with Crippen molar-refractivity contribution in [3.8, 4) is 17.2 Å². The summed E-state index contributed by atoms with van der Waals surface area (Å²) in [6.45, 7) is 3.53. The summed E-state index contributed by atoms with van der Waals surface area (Å²) in [6.07, 6.45) is 0.177. The molecule has 0 fully saturated rings. The van der Waals surface area contributed by atoms with Gasteiger partial charge in [0, 0.05) is 5.70 Å². The highest BCUT2D eigenvalue weighted by molar-refractivity contribution is 6.37. The third-order valence-electron chi connectivity index (χ3n) is 5.15. The first-order chi connectivity index (χ1) is 17.6. The van der Waals surface area contributed by atoms with Gasteiger partial charge in [-0.05, 0) is 49.2 Å². The maximum Gasteiger partial charge on any atom is 0.337 e. The number of phenolic OH excluding ortho intramolecular Hbond substituents is 1. The number of benzene rings is 2. The molecule has 3 rings (SSSR count). The van der Waals surface area contributed by atoms with Gasteiger partial charge in [0.05, 0.1) is 41.6 Å². The molecule has 2 aromatic carbocycles. The number of methoxy groups -OCH3 is 1. The molecule has 2 amide bonds. The number of phenols is 1. The quantitative estimate of drug-likeness (QED) is 0.130. The zero-order valence-electron chi connectivity index (χ0n) is 20.2. The molecule has 11 nitrogen and oxygen atoms in total. The van der Waals surface area contributed by atoms with E-state index in [-0.39, 0.29) is 28.0 Å². The van der Waals surface area contributed by atoms with Gasteiger partial charge in [-0.15, -0.1) is 0 Å². The van der Waals surface area contributed by atoms with E-state index in [2.05, 4.69) is 21.2 Å². The topological polar surface area (TPSA) is 151 Å². The Morgan fingerprint density at radius 1 is 1.22 bits per heavy atom. The summed E-state index contributed by atoms with van der Waals surface area (Å²) in [6, 6.07) is 6.61. The van der Waals surface area contributed by atoms with Crippen molar-refractivity contribution in [2.45, 2.75) is 26.1 Å². The highest BCUT2D eigenvalue weighted by atomic mass is 35.5. The monoisotopic (exact) mass is 552 g/mol. The molecule has 2 aromatic rings. The van der Waals surface area contributed by atoms with Gasteiger partial charge in [0.25, 0.3) is 0 Å². The summed E-state index contributed by atoms with van der Waals surface area (Å²) in [5.41, 5.74) is 4.21. The highest BCUT2D eigenvalue weighted by Gasteiger charge is 2.32. The van der Waals surface area contributed by atoms with Crippen LogP contribution in [0.5, 0.6) is 17.2 Å². The summed E-state index contributed by atoms with van der Waals surface area (Å²) in [4.78, 5) is 24.4. The molecular weight excluding hydrogens is 527 g/mol. The Balaban J connectivity index is 1.71. The van der Waals surface area contributed by atoms with E-state index in [0.29, 0.717) is 34.9 Å². The Kier molecular flexibility index (Phi) is 9.45. The molecule has 5 N–H and O–H groups in total. The second-order valence-corrected chi connectivity index (χ2v) is 8.56. The van der Waals surface area contributed by atoms with Gasteiger partial charge in [-0.25, -0.2) is 9.59 Å². The lowest BCUT2D eigenvalue weighted by molar-refractivity contribution is -0.136. The Labute approximate surface area is 223 Å². The van der Waals surface area contributed by atoms with Crippen LogP contribution in [0.25, 0.3) is 0 Å². The van der Waals surface area contributed by atoms with E-state index < -0.39 is 24.3 Å². The molecule has 13 heteroatoms. The van der Waals surface area contributed by atoms with Gasteiger partial charge < -0.3 is 35.1 Å². The SMILES string of the molecule is CCOc1cc([C@@H]2NC(=O)NC(C)=C2C(=O)OC)ccc1OC[C@@H](O)N/N=C\c1cc(Cl)c(O)c(Cl)c1. The number of aliphatic hydroxyl groups is 1. The van der Waals surface area contributed by atoms with Gasteiger partial charge in [0.15, 0.2) is 23.5 Å². The minimum atomic E-state index is -1.19. The molecule has 0 aromatic heterocycles. The van der Waals surface area contributed by atoms with Gasteiger partial charge in [-0.3, -0.25) is 5.43 Å². The number of hydrazone groups is 1. The van der Waals surface area contributed by atoms with Crippen molar-refractivity contribution >= 4 is 41.4 Å². The molecule has 0 saturated carbocycles. The standard InChI is InChI=1S/C24H26Cl2N4O7/c1-4-36-18-9-14(21-20(23(33)35-3)12(2)28-24(34)29-21)5-6-17(18)37-11-19(31)30-27-10-13-7-15(25)22(32)16(26)8-13/h5-10,19,21,30-32H,4,11H2,1-3H3,(H2,28,29,34)/b27-10-/t19-,21+/m1/s1. The second-order valence-electron chi connectivity index (χ2n) is 7.75. The van der Waals surface area contributed by atoms with E-state index in [1.807, 2.05) is 0 Å². The van der Waals surface area contributed by atoms with E-state index in [1.165, 1.54) is 25.5 Å². The number of carbonyl (C=O) groups is 2. The number of ether oxygens (including phenoxy) is 3. The van der Waals surface area contributed by atoms with Crippen LogP contribution in [0.3, 0.4) is 0 Å². The van der Waals surface area contributed by atoms with Gasteiger partial charge in [-0.1, -0.05) is 29.3 Å². The Bertz CT molecular complexity index is 1210. The van der Waals surface area contributed by atoms with E-state index in [0.717, 1.165) is 0 Å². The smallest absolute Gasteiger partial charge is 0.337 e. The van der Waals surface area contributed by atoms with E-state index in [1.54, 1.807) is 32.0 Å². The number of hydrogen-bond donors (Lipinski definition) is 5. The normalized spacial score (nSPS) is 16.2. The van der Waals surface area contributed by atoms with Crippen LogP contribution in [0, 0.1) is 0 Å². The van der Waals surface area contributed by atoms with Crippen molar-refractivity contribution in [2.75, 3.05) is 20.3 Å². The number of aromatic hydroxyl groups is 1. The van der Waals surface area contributed by atoms with Gasteiger partial charge >= 0.3 is 12.0 Å². The van der Waals surface area contributed by atoms with Crippen molar-refractivity contribution < 1.29 is 34.0 Å². The summed E-state index contributed by atoms with van der Waals surface area (Å²) < 4.78 is 16.3. The molecule has 0 radical (unpaired) electrons. The number of aliphatic hydroxyl groups excluding tert-OH is 1. The van der Waals surface area contributed by atoms with Crippen LogP contribution in [0.15, 0.2) is 46.7 Å². The fourth-order valence-corrected chi connectivity index (χ4v) is 3.98. The fraction of sp³-hybridized carbons (Fsp3) is 0.292. The zero-order valence-corrected chi connectivity index (χ0v) is 21.7. The molecule has 198 valence electrons. The molecule has 2 atom stereocenters. The number of amides is 2. The number of hydrogen-bond acceptors (Lipinski definition) is 9. The molecule has 0 saturated heterocycles. The van der Waals surface area contributed by atoms with E-state index in [9.17, 15) is 19.8 Å². The summed E-state index contributed by atoms with van der Waals surface area (Å²) >= 11 is 11.8. The number of urea groups is 1. The first kappa shape index (κ1) is 27.9. The molecular formula is C24H26Cl2N4O7. The first-order valence-corrected chi connectivity index (χ1v) is 11.8. The lowest BCUT2D eigenvalue weighted by Crippen LogP contribution is -2.45. The molecule has 0 aliphatic carbocycles. The number of esters is 1. The molecule has 1 aliphatic rings. The maximum atomic E-state index is 12.4. The highest BCUT2D eigenvalue weighted by Crippen LogP contribution is 2.35. The number of nitrogens with one attached hydrogen (secondary N) is 3. The Morgan fingerprint density at radius 3 is 2.57 bits per heavy atom. The number of allylic oxidation sites excluding steroid dienone is 1. The van der Waals surface area contributed by atoms with E-state index in [4.69, 9.17) is 37.4 Å². The van der Waals surface area contributed by atoms with Crippen molar-refractivity contribution in [3.63, 3.8) is 0 Å². The number of carbonyl (C=O) groups excluding carboxylic acids is 2. The number of rotatable bonds is 10. The fourth-order valence-electron chi connectivity index (χ4n) is 3.48. The van der Waals surface area contributed by atoms with Crippen molar-refractivity contribution in [3.05, 3.63) is 62.8 Å². The molecule has 1 heterocycles. The van der Waals surface area contributed by atoms with Gasteiger partial charge in [0.1, 0.15) is 6.61 Å². The van der Waals surface area contributed by atoms with Crippen LogP contribution in [0.2, 0.25) is 10.0 Å². The Hall–Kier alpha value is -3.67. The van der Waals surface area contributed by atoms with Crippen molar-refractivity contribution in [1.29, 1.82) is 0 Å².